The van der Waals surface area contributed by atoms with Gasteiger partial charge in [0.25, 0.3) is 0 Å². The van der Waals surface area contributed by atoms with Gasteiger partial charge in [-0.25, -0.2) is 0 Å². The second-order valence-corrected chi connectivity index (χ2v) is 4.42. The minimum Gasteiger partial charge on any atom is -0.457 e. The van der Waals surface area contributed by atoms with Crippen molar-refractivity contribution >= 4 is 17.4 Å². The number of halogens is 1. The van der Waals surface area contributed by atoms with Crippen LogP contribution in [0, 0.1) is 6.92 Å². The van der Waals surface area contributed by atoms with Crippen molar-refractivity contribution in [2.24, 2.45) is 10.9 Å². The first-order valence-corrected chi connectivity index (χ1v) is 6.00. The first kappa shape index (κ1) is 13.2. The van der Waals surface area contributed by atoms with Gasteiger partial charge >= 0.3 is 0 Å². The molecule has 98 valence electrons. The van der Waals surface area contributed by atoms with Crippen molar-refractivity contribution in [1.29, 1.82) is 0 Å². The highest BCUT2D eigenvalue weighted by Crippen LogP contribution is 2.30. The van der Waals surface area contributed by atoms with Gasteiger partial charge in [-0.2, -0.15) is 0 Å². The number of oxime groups is 1. The van der Waals surface area contributed by atoms with E-state index in [4.69, 9.17) is 27.3 Å². The number of amidine groups is 1. The van der Waals surface area contributed by atoms with E-state index in [0.29, 0.717) is 22.1 Å². The zero-order valence-corrected chi connectivity index (χ0v) is 11.1. The molecule has 3 N–H and O–H groups in total. The molecule has 0 saturated carbocycles. The molecule has 0 unspecified atom stereocenters. The summed E-state index contributed by atoms with van der Waals surface area (Å²) in [6.07, 6.45) is 0. The predicted molar refractivity (Wildman–Crippen MR) is 75.2 cm³/mol. The third-order valence-corrected chi connectivity index (χ3v) is 2.87. The first-order valence-electron chi connectivity index (χ1n) is 5.62. The Morgan fingerprint density at radius 3 is 2.68 bits per heavy atom. The molecule has 0 fully saturated rings. The van der Waals surface area contributed by atoms with Crippen LogP contribution in [0.1, 0.15) is 11.1 Å². The lowest BCUT2D eigenvalue weighted by Gasteiger charge is -2.11. The zero-order chi connectivity index (χ0) is 13.8. The molecule has 0 amide bonds. The average molecular weight is 277 g/mol. The fraction of sp³-hybridized carbons (Fsp3) is 0.0714. The minimum absolute atomic E-state index is 0.0896. The molecule has 0 spiro atoms. The second-order valence-electron chi connectivity index (χ2n) is 4.02. The number of hydrogen-bond acceptors (Lipinski definition) is 3. The van der Waals surface area contributed by atoms with Crippen LogP contribution in [0.3, 0.4) is 0 Å². The Labute approximate surface area is 116 Å². The molecule has 2 aromatic rings. The molecule has 0 aliphatic heterocycles. The van der Waals surface area contributed by atoms with E-state index in [1.165, 1.54) is 0 Å². The van der Waals surface area contributed by atoms with Gasteiger partial charge < -0.3 is 15.7 Å². The SMILES string of the molecule is Cc1cccc(Oc2cccc(Cl)c2C(N)=NO)c1. The number of hydrogen-bond donors (Lipinski definition) is 2. The van der Waals surface area contributed by atoms with Gasteiger partial charge in [0, 0.05) is 0 Å². The maximum Gasteiger partial charge on any atom is 0.175 e. The molecule has 19 heavy (non-hydrogen) atoms. The highest BCUT2D eigenvalue weighted by atomic mass is 35.5. The third-order valence-electron chi connectivity index (χ3n) is 2.56. The summed E-state index contributed by atoms with van der Waals surface area (Å²) in [7, 11) is 0. The second kappa shape index (κ2) is 5.63. The fourth-order valence-electron chi connectivity index (χ4n) is 1.69. The fourth-order valence-corrected chi connectivity index (χ4v) is 1.96. The molecule has 4 nitrogen and oxygen atoms in total. The van der Waals surface area contributed by atoms with E-state index >= 15 is 0 Å². The summed E-state index contributed by atoms with van der Waals surface area (Å²) >= 11 is 6.05. The topological polar surface area (TPSA) is 67.8 Å². The van der Waals surface area contributed by atoms with Crippen molar-refractivity contribution in [2.45, 2.75) is 6.92 Å². The Balaban J connectivity index is 2.43. The van der Waals surface area contributed by atoms with Gasteiger partial charge in [-0.15, -0.1) is 0 Å². The van der Waals surface area contributed by atoms with Gasteiger partial charge in [-0.3, -0.25) is 0 Å². The van der Waals surface area contributed by atoms with Gasteiger partial charge in [0.05, 0.1) is 10.6 Å². The van der Waals surface area contributed by atoms with Crippen LogP contribution in [0.15, 0.2) is 47.6 Å². The maximum absolute atomic E-state index is 8.80. The molecule has 5 heteroatoms. The zero-order valence-electron chi connectivity index (χ0n) is 10.3. The van der Waals surface area contributed by atoms with Crippen LogP contribution in [-0.4, -0.2) is 11.0 Å². The molecule has 0 saturated heterocycles. The molecule has 2 aromatic carbocycles. The van der Waals surface area contributed by atoms with E-state index in [1.807, 2.05) is 31.2 Å². The highest BCUT2D eigenvalue weighted by Gasteiger charge is 2.13. The predicted octanol–water partition coefficient (Wildman–Crippen LogP) is 3.54. The molecule has 0 radical (unpaired) electrons. The Hall–Kier alpha value is -2.20. The molecule has 0 heterocycles. The Morgan fingerprint density at radius 2 is 2.00 bits per heavy atom. The average Bonchev–Trinajstić information content (AvgIpc) is 2.38. The third kappa shape index (κ3) is 2.98. The number of benzene rings is 2. The molecular weight excluding hydrogens is 264 g/mol. The number of nitrogens with zero attached hydrogens (tertiary/aromatic N) is 1. The van der Waals surface area contributed by atoms with E-state index in [-0.39, 0.29) is 5.84 Å². The van der Waals surface area contributed by atoms with Gasteiger partial charge in [-0.05, 0) is 36.8 Å². The molecule has 0 aromatic heterocycles. The Kier molecular flexibility index (Phi) is 3.92. The van der Waals surface area contributed by atoms with Crippen molar-refractivity contribution in [3.63, 3.8) is 0 Å². The Bertz CT molecular complexity index is 627. The number of aryl methyl sites for hydroxylation is 1. The van der Waals surface area contributed by atoms with Crippen molar-refractivity contribution in [3.05, 3.63) is 58.6 Å². The number of rotatable bonds is 3. The Morgan fingerprint density at radius 1 is 1.26 bits per heavy atom. The van der Waals surface area contributed by atoms with E-state index < -0.39 is 0 Å². The smallest absolute Gasteiger partial charge is 0.175 e. The summed E-state index contributed by atoms with van der Waals surface area (Å²) < 4.78 is 5.74. The molecule has 0 aliphatic rings. The summed E-state index contributed by atoms with van der Waals surface area (Å²) in [5.74, 6) is 1.01. The van der Waals surface area contributed by atoms with Gasteiger partial charge in [-0.1, -0.05) is 35.0 Å². The van der Waals surface area contributed by atoms with E-state index in [9.17, 15) is 0 Å². The lowest BCUT2D eigenvalue weighted by molar-refractivity contribution is 0.318. The van der Waals surface area contributed by atoms with E-state index in [0.717, 1.165) is 5.56 Å². The number of nitrogens with two attached hydrogens (primary N) is 1. The van der Waals surface area contributed by atoms with Crippen molar-refractivity contribution in [3.8, 4) is 11.5 Å². The summed E-state index contributed by atoms with van der Waals surface area (Å²) in [6, 6.07) is 12.7. The summed E-state index contributed by atoms with van der Waals surface area (Å²) in [5.41, 5.74) is 7.06. The van der Waals surface area contributed by atoms with Crippen LogP contribution in [0.25, 0.3) is 0 Å². The number of ether oxygens (including phenoxy) is 1. The normalized spacial score (nSPS) is 11.4. The van der Waals surface area contributed by atoms with Gasteiger partial charge in [0.1, 0.15) is 11.5 Å². The van der Waals surface area contributed by atoms with Crippen LogP contribution in [0.2, 0.25) is 5.02 Å². The minimum atomic E-state index is -0.0896. The van der Waals surface area contributed by atoms with Crippen molar-refractivity contribution in [2.75, 3.05) is 0 Å². The highest BCUT2D eigenvalue weighted by molar-refractivity contribution is 6.34. The van der Waals surface area contributed by atoms with Crippen LogP contribution < -0.4 is 10.5 Å². The van der Waals surface area contributed by atoms with Crippen LogP contribution >= 0.6 is 11.6 Å². The van der Waals surface area contributed by atoms with Crippen LogP contribution in [0.5, 0.6) is 11.5 Å². The van der Waals surface area contributed by atoms with E-state index in [2.05, 4.69) is 5.16 Å². The standard InChI is InChI=1S/C14H13ClN2O2/c1-9-4-2-5-10(8-9)19-12-7-3-6-11(15)13(12)14(16)17-18/h2-8,18H,1H3,(H2,16,17). The summed E-state index contributed by atoms with van der Waals surface area (Å²) in [6.45, 7) is 1.97. The molecule has 0 atom stereocenters. The first-order chi connectivity index (χ1) is 9.11. The lowest BCUT2D eigenvalue weighted by Crippen LogP contribution is -2.14. The molecule has 2 rings (SSSR count). The molecule has 0 aliphatic carbocycles. The molecule has 0 bridgehead atoms. The van der Waals surface area contributed by atoms with Crippen LogP contribution in [0.4, 0.5) is 0 Å². The summed E-state index contributed by atoms with van der Waals surface area (Å²) in [5, 5.41) is 12.1. The van der Waals surface area contributed by atoms with Gasteiger partial charge in [0.15, 0.2) is 5.84 Å². The monoisotopic (exact) mass is 276 g/mol. The van der Waals surface area contributed by atoms with Crippen LogP contribution in [-0.2, 0) is 0 Å². The van der Waals surface area contributed by atoms with E-state index in [1.54, 1.807) is 18.2 Å². The summed E-state index contributed by atoms with van der Waals surface area (Å²) in [4.78, 5) is 0. The van der Waals surface area contributed by atoms with Crippen molar-refractivity contribution in [1.82, 2.24) is 0 Å². The van der Waals surface area contributed by atoms with Gasteiger partial charge in [0.2, 0.25) is 0 Å². The maximum atomic E-state index is 8.80. The molecular formula is C14H13ClN2O2. The van der Waals surface area contributed by atoms with Crippen molar-refractivity contribution < 1.29 is 9.94 Å². The largest absolute Gasteiger partial charge is 0.457 e. The quantitative estimate of drug-likeness (QED) is 0.390. The lowest BCUT2D eigenvalue weighted by atomic mass is 10.2.